The number of aliphatic hydroxyl groups excluding tert-OH is 8. The Kier molecular flexibility index (Phi) is 12.4. The second kappa shape index (κ2) is 16.8. The molecule has 3 heterocycles. The number of β-lactam (4-membered cyclic amide) rings is 1. The number of rotatable bonds is 13. The summed E-state index contributed by atoms with van der Waals surface area (Å²) in [6.07, 6.45) is -15.6. The first-order valence-electron chi connectivity index (χ1n) is 17.2. The fourth-order valence-electron chi connectivity index (χ4n) is 7.03. The van der Waals surface area contributed by atoms with Crippen molar-refractivity contribution in [2.75, 3.05) is 24.7 Å². The lowest BCUT2D eigenvalue weighted by atomic mass is 9.78. The van der Waals surface area contributed by atoms with Gasteiger partial charge < -0.3 is 64.7 Å². The van der Waals surface area contributed by atoms with Crippen LogP contribution in [0.3, 0.4) is 0 Å². The maximum atomic E-state index is 13.7. The van der Waals surface area contributed by atoms with Gasteiger partial charge in [0.1, 0.15) is 78.9 Å². The number of carbonyl (C=O) groups is 1. The largest absolute Gasteiger partial charge is 0.491 e. The van der Waals surface area contributed by atoms with Crippen molar-refractivity contribution in [3.63, 3.8) is 0 Å². The molecule has 6 rings (SSSR count). The van der Waals surface area contributed by atoms with Gasteiger partial charge in [0.25, 0.3) is 0 Å². The summed E-state index contributed by atoms with van der Waals surface area (Å²) in [7, 11) is 0. The fourth-order valence-corrected chi connectivity index (χ4v) is 7.03. The summed E-state index contributed by atoms with van der Waals surface area (Å²) >= 11 is 0. The molecule has 14 nitrogen and oxygen atoms in total. The number of aliphatic hydroxyl groups is 8. The lowest BCUT2D eigenvalue weighted by molar-refractivity contribution is -0.342. The highest BCUT2D eigenvalue weighted by Crippen LogP contribution is 2.46. The number of carbonyl (C=O) groups excluding carboxylic acids is 1. The minimum absolute atomic E-state index is 0.206. The molecule has 288 valence electrons. The van der Waals surface area contributed by atoms with Crippen LogP contribution in [0.2, 0.25) is 0 Å². The van der Waals surface area contributed by atoms with E-state index >= 15 is 0 Å². The molecule has 0 bridgehead atoms. The highest BCUT2D eigenvalue weighted by Gasteiger charge is 2.51. The van der Waals surface area contributed by atoms with Gasteiger partial charge in [-0.1, -0.05) is 24.3 Å². The van der Waals surface area contributed by atoms with Crippen LogP contribution in [0.25, 0.3) is 0 Å². The first kappa shape index (κ1) is 39.1. The molecule has 0 aliphatic carbocycles. The van der Waals surface area contributed by atoms with Crippen molar-refractivity contribution in [3.05, 3.63) is 95.6 Å². The molecule has 0 aromatic heterocycles. The fraction of sp³-hybridized carbons (Fsp3) is 0.486. The Morgan fingerprint density at radius 3 is 1.94 bits per heavy atom. The molecular weight excluding hydrogens is 704 g/mol. The van der Waals surface area contributed by atoms with E-state index in [0.29, 0.717) is 23.4 Å². The Morgan fingerprint density at radius 2 is 1.32 bits per heavy atom. The number of hydrogen-bond donors (Lipinski definition) is 8. The molecule has 3 aromatic rings. The van der Waals surface area contributed by atoms with Crippen molar-refractivity contribution < 1.29 is 73.4 Å². The molecule has 53 heavy (non-hydrogen) atoms. The van der Waals surface area contributed by atoms with Gasteiger partial charge in [-0.25, -0.2) is 8.78 Å². The van der Waals surface area contributed by atoms with Crippen LogP contribution in [-0.2, 0) is 19.0 Å². The summed E-state index contributed by atoms with van der Waals surface area (Å²) in [5.74, 6) is -1.28. The zero-order valence-corrected chi connectivity index (χ0v) is 28.3. The molecule has 0 radical (unpaired) electrons. The molecule has 13 atom stereocenters. The number of amides is 1. The van der Waals surface area contributed by atoms with Gasteiger partial charge in [0.05, 0.1) is 31.3 Å². The van der Waals surface area contributed by atoms with Crippen molar-refractivity contribution in [2.24, 2.45) is 5.92 Å². The average molecular weight is 748 g/mol. The van der Waals surface area contributed by atoms with Crippen LogP contribution in [-0.4, -0.2) is 128 Å². The standard InChI is InChI=1S/C37H43F2NO13/c38-20-5-1-18(2-6-20)25(43)14-13-24-29(40(36(24)49)22-9-7-21(39)8-10-22)19-3-11-23(12-4-19)50-17-28-31(45)33(47)35(27(16-42)51-28)53-37-34(48)32(46)30(44)26(15-41)52-37/h1-12,24-35,37,41-48H,13-17H2/t24-,25+,26?,27?,28?,29-,30?,31?,32?,33?,34?,35?,37?/m1/s1. The highest BCUT2D eigenvalue weighted by molar-refractivity contribution is 6.03. The third kappa shape index (κ3) is 8.23. The molecule has 3 aliphatic rings. The van der Waals surface area contributed by atoms with Crippen LogP contribution >= 0.6 is 0 Å². The van der Waals surface area contributed by atoms with Gasteiger partial charge in [-0.15, -0.1) is 0 Å². The van der Waals surface area contributed by atoms with Crippen LogP contribution in [0.5, 0.6) is 5.75 Å². The van der Waals surface area contributed by atoms with Crippen LogP contribution in [0.1, 0.15) is 36.1 Å². The predicted molar refractivity (Wildman–Crippen MR) is 179 cm³/mol. The molecule has 8 N–H and O–H groups in total. The highest BCUT2D eigenvalue weighted by atomic mass is 19.1. The third-order valence-electron chi connectivity index (χ3n) is 10.1. The van der Waals surface area contributed by atoms with Gasteiger partial charge in [0.15, 0.2) is 6.29 Å². The molecule has 16 heteroatoms. The van der Waals surface area contributed by atoms with Crippen molar-refractivity contribution in [1.29, 1.82) is 0 Å². The van der Waals surface area contributed by atoms with E-state index in [-0.39, 0.29) is 18.9 Å². The van der Waals surface area contributed by atoms with E-state index in [1.807, 2.05) is 0 Å². The van der Waals surface area contributed by atoms with Gasteiger partial charge in [-0.3, -0.25) is 4.79 Å². The van der Waals surface area contributed by atoms with Gasteiger partial charge in [-0.2, -0.15) is 0 Å². The number of nitrogens with zero attached hydrogens (tertiary/aromatic N) is 1. The number of halogens is 2. The van der Waals surface area contributed by atoms with E-state index in [9.17, 15) is 54.4 Å². The zero-order chi connectivity index (χ0) is 38.0. The van der Waals surface area contributed by atoms with Crippen molar-refractivity contribution in [2.45, 2.75) is 86.2 Å². The van der Waals surface area contributed by atoms with Crippen molar-refractivity contribution in [3.8, 4) is 5.75 Å². The summed E-state index contributed by atoms with van der Waals surface area (Å²) < 4.78 is 49.7. The molecule has 0 saturated carbocycles. The third-order valence-corrected chi connectivity index (χ3v) is 10.1. The Hall–Kier alpha value is -3.65. The maximum absolute atomic E-state index is 13.7. The molecule has 3 saturated heterocycles. The monoisotopic (exact) mass is 747 g/mol. The number of ether oxygens (including phenoxy) is 4. The van der Waals surface area contributed by atoms with E-state index in [0.717, 1.165) is 5.56 Å². The van der Waals surface area contributed by atoms with Gasteiger partial charge in [0.2, 0.25) is 5.91 Å². The predicted octanol–water partition coefficient (Wildman–Crippen LogP) is 0.228. The number of benzene rings is 3. The SMILES string of the molecule is O=C1[C@H](CC[C@H](O)c2ccc(F)cc2)[C@@H](c2ccc(OCC3OC(CO)C(OC4OC(CO)C(O)C(O)C4O)C(O)C3O)cc2)N1c1ccc(F)cc1. The first-order valence-corrected chi connectivity index (χ1v) is 17.2. The summed E-state index contributed by atoms with van der Waals surface area (Å²) in [6, 6.07) is 17.3. The van der Waals surface area contributed by atoms with Crippen LogP contribution in [0, 0.1) is 17.6 Å². The molecule has 3 aliphatic heterocycles. The summed E-state index contributed by atoms with van der Waals surface area (Å²) in [5, 5.41) is 82.5. The van der Waals surface area contributed by atoms with E-state index in [1.165, 1.54) is 48.5 Å². The smallest absolute Gasteiger partial charge is 0.233 e. The number of anilines is 1. The van der Waals surface area contributed by atoms with E-state index in [2.05, 4.69) is 0 Å². The van der Waals surface area contributed by atoms with Gasteiger partial charge in [-0.05, 0) is 72.5 Å². The normalized spacial score (nSPS) is 33.7. The second-order valence-corrected chi connectivity index (χ2v) is 13.4. The first-order chi connectivity index (χ1) is 25.4. The molecule has 3 fully saturated rings. The van der Waals surface area contributed by atoms with Gasteiger partial charge in [0, 0.05) is 5.69 Å². The zero-order valence-electron chi connectivity index (χ0n) is 28.3. The Balaban J connectivity index is 1.10. The molecule has 1 amide bonds. The quantitative estimate of drug-likeness (QED) is 0.110. The lowest BCUT2D eigenvalue weighted by Crippen LogP contribution is -2.65. The Bertz CT molecular complexity index is 1650. The molecule has 0 spiro atoms. The molecular formula is C37H43F2NO13. The second-order valence-electron chi connectivity index (χ2n) is 13.4. The minimum atomic E-state index is -1.79. The summed E-state index contributed by atoms with van der Waals surface area (Å²) in [4.78, 5) is 15.0. The van der Waals surface area contributed by atoms with Crippen LogP contribution in [0.15, 0.2) is 72.8 Å². The lowest BCUT2D eigenvalue weighted by Gasteiger charge is -2.48. The van der Waals surface area contributed by atoms with Gasteiger partial charge >= 0.3 is 0 Å². The van der Waals surface area contributed by atoms with E-state index < -0.39 is 104 Å². The van der Waals surface area contributed by atoms with Crippen molar-refractivity contribution >= 4 is 11.6 Å². The summed E-state index contributed by atoms with van der Waals surface area (Å²) in [6.45, 7) is -1.69. The Morgan fingerprint density at radius 1 is 0.717 bits per heavy atom. The molecule has 10 unspecified atom stereocenters. The minimum Gasteiger partial charge on any atom is -0.491 e. The molecule has 3 aromatic carbocycles. The average Bonchev–Trinajstić information content (AvgIpc) is 3.16. The Labute approximate surface area is 303 Å². The van der Waals surface area contributed by atoms with Crippen LogP contribution in [0.4, 0.5) is 14.5 Å². The topological polar surface area (TPSA) is 219 Å². The van der Waals surface area contributed by atoms with E-state index in [4.69, 9.17) is 18.9 Å². The summed E-state index contributed by atoms with van der Waals surface area (Å²) in [5.41, 5.74) is 1.74. The maximum Gasteiger partial charge on any atom is 0.233 e. The van der Waals surface area contributed by atoms with E-state index in [1.54, 1.807) is 29.2 Å². The van der Waals surface area contributed by atoms with Crippen LogP contribution < -0.4 is 9.64 Å². The van der Waals surface area contributed by atoms with Crippen molar-refractivity contribution in [1.82, 2.24) is 0 Å². The number of hydrogen-bond acceptors (Lipinski definition) is 13.